The van der Waals surface area contributed by atoms with E-state index in [1.54, 1.807) is 0 Å². The van der Waals surface area contributed by atoms with Crippen molar-refractivity contribution in [3.8, 4) is 0 Å². The van der Waals surface area contributed by atoms with Crippen LogP contribution in [0.1, 0.15) is 6.92 Å². The predicted octanol–water partition coefficient (Wildman–Crippen LogP) is 1.46. The smallest absolute Gasteiger partial charge is 0.243 e. The van der Waals surface area contributed by atoms with Crippen molar-refractivity contribution in [3.63, 3.8) is 0 Å². The van der Waals surface area contributed by atoms with E-state index in [1.807, 2.05) is 6.92 Å². The van der Waals surface area contributed by atoms with Gasteiger partial charge in [-0.2, -0.15) is 4.31 Å². The number of hydrogen-bond acceptors (Lipinski definition) is 3. The van der Waals surface area contributed by atoms with E-state index in [0.717, 1.165) is 12.1 Å². The van der Waals surface area contributed by atoms with Gasteiger partial charge >= 0.3 is 0 Å². The van der Waals surface area contributed by atoms with Crippen molar-refractivity contribution >= 4 is 21.6 Å². The monoisotopic (exact) mass is 292 g/mol. The van der Waals surface area contributed by atoms with E-state index in [9.17, 15) is 12.8 Å². The van der Waals surface area contributed by atoms with Gasteiger partial charge in [-0.05, 0) is 25.1 Å². The SMILES string of the molecule is CC1CNCCN1S(=O)(=O)c1ccc(F)c(Cl)c1. The molecule has 0 bridgehead atoms. The Balaban J connectivity index is 2.37. The quantitative estimate of drug-likeness (QED) is 0.898. The Bertz CT molecular complexity index is 550. The number of nitrogens with zero attached hydrogens (tertiary/aromatic N) is 1. The van der Waals surface area contributed by atoms with Gasteiger partial charge in [-0.3, -0.25) is 0 Å². The molecule has 1 heterocycles. The molecule has 0 spiro atoms. The van der Waals surface area contributed by atoms with Crippen LogP contribution in [-0.4, -0.2) is 38.4 Å². The number of piperazine rings is 1. The molecule has 0 radical (unpaired) electrons. The summed E-state index contributed by atoms with van der Waals surface area (Å²) in [4.78, 5) is 0.0302. The minimum absolute atomic E-state index is 0.0302. The number of halogens is 2. The molecule has 7 heteroatoms. The summed E-state index contributed by atoms with van der Waals surface area (Å²) in [6, 6.07) is 3.33. The number of rotatable bonds is 2. The third kappa shape index (κ3) is 2.51. The molecule has 1 saturated heterocycles. The minimum atomic E-state index is -3.61. The molecule has 1 unspecified atom stereocenters. The van der Waals surface area contributed by atoms with Gasteiger partial charge in [0.1, 0.15) is 5.82 Å². The van der Waals surface area contributed by atoms with Gasteiger partial charge in [-0.25, -0.2) is 12.8 Å². The largest absolute Gasteiger partial charge is 0.314 e. The molecule has 1 N–H and O–H groups in total. The Hall–Kier alpha value is -0.690. The lowest BCUT2D eigenvalue weighted by atomic mass is 10.3. The maximum atomic E-state index is 13.1. The second kappa shape index (κ2) is 5.13. The van der Waals surface area contributed by atoms with Gasteiger partial charge < -0.3 is 5.32 Å². The van der Waals surface area contributed by atoms with Crippen LogP contribution in [0.15, 0.2) is 23.1 Å². The van der Waals surface area contributed by atoms with Gasteiger partial charge in [0.05, 0.1) is 9.92 Å². The summed E-state index contributed by atoms with van der Waals surface area (Å²) < 4.78 is 39.2. The Morgan fingerprint density at radius 2 is 2.22 bits per heavy atom. The average Bonchev–Trinajstić information content (AvgIpc) is 2.33. The Morgan fingerprint density at radius 3 is 2.83 bits per heavy atom. The number of benzene rings is 1. The summed E-state index contributed by atoms with van der Waals surface area (Å²) in [6.07, 6.45) is 0. The molecule has 1 atom stereocenters. The molecule has 0 saturated carbocycles. The molecular formula is C11H14ClFN2O2S. The molecule has 4 nitrogen and oxygen atoms in total. The first-order chi connectivity index (χ1) is 8.43. The first-order valence-corrected chi connectivity index (χ1v) is 7.42. The summed E-state index contributed by atoms with van der Waals surface area (Å²) in [5.74, 6) is -0.621. The van der Waals surface area contributed by atoms with Crippen LogP contribution in [0, 0.1) is 5.82 Å². The summed E-state index contributed by atoms with van der Waals surface area (Å²) >= 11 is 5.62. The molecule has 1 aromatic carbocycles. The summed E-state index contributed by atoms with van der Waals surface area (Å²) in [7, 11) is -3.61. The molecule has 1 aliphatic heterocycles. The number of sulfonamides is 1. The lowest BCUT2D eigenvalue weighted by molar-refractivity contribution is 0.284. The predicted molar refractivity (Wildman–Crippen MR) is 67.6 cm³/mol. The van der Waals surface area contributed by atoms with Gasteiger partial charge in [-0.1, -0.05) is 11.6 Å². The zero-order chi connectivity index (χ0) is 13.3. The van der Waals surface area contributed by atoms with Crippen LogP contribution in [-0.2, 0) is 10.0 Å². The normalized spacial score (nSPS) is 22.1. The zero-order valence-electron chi connectivity index (χ0n) is 9.86. The Kier molecular flexibility index (Phi) is 3.91. The molecule has 1 fully saturated rings. The van der Waals surface area contributed by atoms with Gasteiger partial charge in [-0.15, -0.1) is 0 Å². The lowest BCUT2D eigenvalue weighted by Crippen LogP contribution is -2.52. The fourth-order valence-corrected chi connectivity index (χ4v) is 3.85. The maximum absolute atomic E-state index is 13.1. The summed E-state index contributed by atoms with van der Waals surface area (Å²) in [5, 5.41) is 2.93. The van der Waals surface area contributed by atoms with Gasteiger partial charge in [0, 0.05) is 25.7 Å². The topological polar surface area (TPSA) is 49.4 Å². The molecule has 0 aromatic heterocycles. The van der Waals surface area contributed by atoms with Crippen LogP contribution in [0.5, 0.6) is 0 Å². The summed E-state index contributed by atoms with van der Waals surface area (Å²) in [6.45, 7) is 3.44. The highest BCUT2D eigenvalue weighted by atomic mass is 35.5. The van der Waals surface area contributed by atoms with E-state index < -0.39 is 15.8 Å². The number of nitrogens with one attached hydrogen (secondary N) is 1. The molecule has 100 valence electrons. The van der Waals surface area contributed by atoms with E-state index >= 15 is 0 Å². The molecular weight excluding hydrogens is 279 g/mol. The van der Waals surface area contributed by atoms with Crippen molar-refractivity contribution in [1.29, 1.82) is 0 Å². The van der Waals surface area contributed by atoms with Crippen molar-refractivity contribution in [2.45, 2.75) is 17.9 Å². The molecule has 18 heavy (non-hydrogen) atoms. The van der Waals surface area contributed by atoms with Crippen molar-refractivity contribution in [2.75, 3.05) is 19.6 Å². The maximum Gasteiger partial charge on any atom is 0.243 e. The standard InChI is InChI=1S/C11H14ClFN2O2S/c1-8-7-14-4-5-15(8)18(16,17)9-2-3-11(13)10(12)6-9/h2-3,6,8,14H,4-5,7H2,1H3. The van der Waals surface area contributed by atoms with Crippen LogP contribution in [0.3, 0.4) is 0 Å². The van der Waals surface area contributed by atoms with Gasteiger partial charge in [0.15, 0.2) is 0 Å². The first kappa shape index (κ1) is 13.7. The Morgan fingerprint density at radius 1 is 1.50 bits per heavy atom. The third-order valence-corrected chi connectivity index (χ3v) is 5.24. The van der Waals surface area contributed by atoms with E-state index in [2.05, 4.69) is 5.32 Å². The van der Waals surface area contributed by atoms with Crippen LogP contribution < -0.4 is 5.32 Å². The highest BCUT2D eigenvalue weighted by molar-refractivity contribution is 7.89. The highest BCUT2D eigenvalue weighted by Crippen LogP contribution is 2.23. The van der Waals surface area contributed by atoms with E-state index in [4.69, 9.17) is 11.6 Å². The molecule has 1 aromatic rings. The van der Waals surface area contributed by atoms with E-state index in [1.165, 1.54) is 10.4 Å². The zero-order valence-corrected chi connectivity index (χ0v) is 11.4. The van der Waals surface area contributed by atoms with Crippen LogP contribution in [0.4, 0.5) is 4.39 Å². The molecule has 2 rings (SSSR count). The second-order valence-corrected chi connectivity index (χ2v) is 6.54. The molecule has 0 aliphatic carbocycles. The van der Waals surface area contributed by atoms with Gasteiger partial charge in [0.25, 0.3) is 0 Å². The van der Waals surface area contributed by atoms with Gasteiger partial charge in [0.2, 0.25) is 10.0 Å². The van der Waals surface area contributed by atoms with E-state index in [-0.39, 0.29) is 16.0 Å². The molecule has 0 amide bonds. The van der Waals surface area contributed by atoms with Crippen LogP contribution in [0.25, 0.3) is 0 Å². The second-order valence-electron chi connectivity index (χ2n) is 4.24. The minimum Gasteiger partial charge on any atom is -0.314 e. The highest BCUT2D eigenvalue weighted by Gasteiger charge is 2.31. The fraction of sp³-hybridized carbons (Fsp3) is 0.455. The van der Waals surface area contributed by atoms with Crippen molar-refractivity contribution in [1.82, 2.24) is 9.62 Å². The van der Waals surface area contributed by atoms with Crippen LogP contribution >= 0.6 is 11.6 Å². The number of hydrogen-bond donors (Lipinski definition) is 1. The lowest BCUT2D eigenvalue weighted by Gasteiger charge is -2.32. The average molecular weight is 293 g/mol. The van der Waals surface area contributed by atoms with Crippen molar-refractivity contribution in [2.24, 2.45) is 0 Å². The molecule has 1 aliphatic rings. The Labute approximate surface area is 111 Å². The van der Waals surface area contributed by atoms with Crippen molar-refractivity contribution in [3.05, 3.63) is 29.0 Å². The van der Waals surface area contributed by atoms with E-state index in [0.29, 0.717) is 19.6 Å². The first-order valence-electron chi connectivity index (χ1n) is 5.60. The third-order valence-electron chi connectivity index (χ3n) is 2.94. The summed E-state index contributed by atoms with van der Waals surface area (Å²) in [5.41, 5.74) is 0. The van der Waals surface area contributed by atoms with Crippen molar-refractivity contribution < 1.29 is 12.8 Å². The van der Waals surface area contributed by atoms with Crippen LogP contribution in [0.2, 0.25) is 5.02 Å². The fourth-order valence-electron chi connectivity index (χ4n) is 1.95.